The summed E-state index contributed by atoms with van der Waals surface area (Å²) < 4.78 is 5.29. The van der Waals surface area contributed by atoms with Crippen LogP contribution in [0.4, 0.5) is 11.5 Å². The minimum Gasteiger partial charge on any atom is -0.497 e. The molecule has 4 nitrogen and oxygen atoms in total. The molecule has 1 aliphatic rings. The average Bonchev–Trinajstić information content (AvgIpc) is 2.75. The van der Waals surface area contributed by atoms with Crippen LogP contribution in [0.2, 0.25) is 0 Å². The minimum atomic E-state index is 0.787. The molecule has 0 saturated heterocycles. The Hall–Kier alpha value is -3.14. The van der Waals surface area contributed by atoms with E-state index < -0.39 is 0 Å². The number of benzene rings is 2. The van der Waals surface area contributed by atoms with Crippen LogP contribution in [0.15, 0.2) is 67.1 Å². The van der Waals surface area contributed by atoms with E-state index in [9.17, 15) is 0 Å². The lowest BCUT2D eigenvalue weighted by atomic mass is 9.91. The van der Waals surface area contributed by atoms with E-state index in [-0.39, 0.29) is 0 Å². The topological polar surface area (TPSA) is 47.0 Å². The lowest BCUT2D eigenvalue weighted by Gasteiger charge is -2.17. The van der Waals surface area contributed by atoms with Gasteiger partial charge in [0, 0.05) is 17.4 Å². The highest BCUT2D eigenvalue weighted by Crippen LogP contribution is 2.35. The van der Waals surface area contributed by atoms with Crippen LogP contribution >= 0.6 is 0 Å². The van der Waals surface area contributed by atoms with Crippen LogP contribution in [0.25, 0.3) is 16.7 Å². The van der Waals surface area contributed by atoms with E-state index in [1.165, 1.54) is 30.4 Å². The number of rotatable bonds is 5. The molecule has 0 spiro atoms. The highest BCUT2D eigenvalue weighted by molar-refractivity contribution is 5.84. The van der Waals surface area contributed by atoms with Gasteiger partial charge in [-0.2, -0.15) is 0 Å². The first-order chi connectivity index (χ1) is 13.3. The second-order valence-electron chi connectivity index (χ2n) is 6.68. The molecule has 0 aliphatic heterocycles. The van der Waals surface area contributed by atoms with Crippen molar-refractivity contribution in [3.8, 4) is 16.9 Å². The Morgan fingerprint density at radius 1 is 0.963 bits per heavy atom. The lowest BCUT2D eigenvalue weighted by molar-refractivity contribution is 0.415. The summed E-state index contributed by atoms with van der Waals surface area (Å²) in [6.45, 7) is 0. The quantitative estimate of drug-likeness (QED) is 0.622. The van der Waals surface area contributed by atoms with E-state index in [1.807, 2.05) is 18.2 Å². The summed E-state index contributed by atoms with van der Waals surface area (Å²) in [5.41, 5.74) is 6.03. The fourth-order valence-corrected chi connectivity index (χ4v) is 3.47. The van der Waals surface area contributed by atoms with Crippen LogP contribution in [-0.4, -0.2) is 17.1 Å². The zero-order chi connectivity index (χ0) is 18.5. The maximum Gasteiger partial charge on any atom is 0.133 e. The molecule has 1 aliphatic carbocycles. The monoisotopic (exact) mass is 357 g/mol. The Balaban J connectivity index is 1.75. The van der Waals surface area contributed by atoms with Crippen LogP contribution in [0.5, 0.6) is 5.75 Å². The first-order valence-corrected chi connectivity index (χ1v) is 9.34. The number of ether oxygens (including phenoxy) is 1. The third kappa shape index (κ3) is 4.00. The summed E-state index contributed by atoms with van der Waals surface area (Å²) in [5.74, 6) is 1.64. The van der Waals surface area contributed by atoms with Gasteiger partial charge in [0.05, 0.1) is 7.11 Å². The van der Waals surface area contributed by atoms with Crippen molar-refractivity contribution >= 4 is 17.1 Å². The van der Waals surface area contributed by atoms with Crippen molar-refractivity contribution < 1.29 is 4.74 Å². The second kappa shape index (κ2) is 8.04. The van der Waals surface area contributed by atoms with Crippen molar-refractivity contribution in [2.75, 3.05) is 12.4 Å². The number of nitrogens with zero attached hydrogens (tertiary/aromatic N) is 2. The van der Waals surface area contributed by atoms with Crippen LogP contribution in [0.1, 0.15) is 31.2 Å². The van der Waals surface area contributed by atoms with E-state index in [0.717, 1.165) is 34.8 Å². The predicted molar refractivity (Wildman–Crippen MR) is 110 cm³/mol. The summed E-state index contributed by atoms with van der Waals surface area (Å²) in [6, 6.07) is 16.7. The first kappa shape index (κ1) is 17.3. The van der Waals surface area contributed by atoms with Gasteiger partial charge in [0.2, 0.25) is 0 Å². The van der Waals surface area contributed by atoms with Crippen LogP contribution in [0, 0.1) is 0 Å². The predicted octanol–water partition coefficient (Wildman–Crippen LogP) is 5.85. The molecule has 1 N–H and O–H groups in total. The largest absolute Gasteiger partial charge is 0.497 e. The van der Waals surface area contributed by atoms with Crippen LogP contribution in [0.3, 0.4) is 0 Å². The average molecular weight is 357 g/mol. The van der Waals surface area contributed by atoms with Crippen molar-refractivity contribution in [1.82, 2.24) is 9.97 Å². The molecule has 4 heteroatoms. The second-order valence-corrected chi connectivity index (χ2v) is 6.68. The number of hydrogen-bond acceptors (Lipinski definition) is 4. The van der Waals surface area contributed by atoms with Gasteiger partial charge in [-0.1, -0.05) is 30.3 Å². The van der Waals surface area contributed by atoms with Crippen molar-refractivity contribution in [1.29, 1.82) is 0 Å². The molecule has 4 rings (SSSR count). The summed E-state index contributed by atoms with van der Waals surface area (Å²) in [6.07, 6.45) is 10.6. The zero-order valence-corrected chi connectivity index (χ0v) is 15.5. The van der Waals surface area contributed by atoms with Gasteiger partial charge in [-0.05, 0) is 66.6 Å². The Morgan fingerprint density at radius 3 is 2.52 bits per heavy atom. The van der Waals surface area contributed by atoms with Gasteiger partial charge in [-0.3, -0.25) is 0 Å². The number of hydrogen-bond donors (Lipinski definition) is 1. The normalized spacial score (nSPS) is 13.7. The van der Waals surface area contributed by atoms with E-state index in [4.69, 9.17) is 4.74 Å². The minimum absolute atomic E-state index is 0.787. The number of nitrogens with one attached hydrogen (secondary N) is 1. The maximum absolute atomic E-state index is 5.29. The third-order valence-corrected chi connectivity index (χ3v) is 4.93. The molecule has 1 aromatic heterocycles. The van der Waals surface area contributed by atoms with Crippen molar-refractivity contribution in [2.24, 2.45) is 0 Å². The molecular formula is C23H23N3O. The molecule has 3 aromatic rings. The standard InChI is InChI=1S/C23H23N3O/c1-27-20-10-7-18(8-11-20)21-12-9-19(17-5-3-2-4-6-17)15-22(21)26-23-13-14-24-16-25-23/h5,7-16H,2-4,6H2,1H3,(H,24,25,26). The van der Waals surface area contributed by atoms with Crippen LogP contribution in [-0.2, 0) is 0 Å². The molecule has 1 heterocycles. The van der Waals surface area contributed by atoms with Gasteiger partial charge in [-0.25, -0.2) is 9.97 Å². The Kier molecular flexibility index (Phi) is 5.15. The summed E-state index contributed by atoms with van der Waals surface area (Å²) in [7, 11) is 1.68. The molecule has 0 atom stereocenters. The fraction of sp³-hybridized carbons (Fsp3) is 0.217. The Morgan fingerprint density at radius 2 is 1.81 bits per heavy atom. The van der Waals surface area contributed by atoms with Gasteiger partial charge >= 0.3 is 0 Å². The summed E-state index contributed by atoms with van der Waals surface area (Å²) in [4.78, 5) is 8.33. The molecule has 0 fully saturated rings. The molecule has 0 amide bonds. The number of aromatic nitrogens is 2. The molecule has 136 valence electrons. The van der Waals surface area contributed by atoms with Gasteiger partial charge in [-0.15, -0.1) is 0 Å². The first-order valence-electron chi connectivity index (χ1n) is 9.34. The van der Waals surface area contributed by atoms with E-state index in [2.05, 4.69) is 51.7 Å². The van der Waals surface area contributed by atoms with Crippen molar-refractivity contribution in [2.45, 2.75) is 25.7 Å². The third-order valence-electron chi connectivity index (χ3n) is 4.93. The summed E-state index contributed by atoms with van der Waals surface area (Å²) >= 11 is 0. The van der Waals surface area contributed by atoms with E-state index in [1.54, 1.807) is 19.6 Å². The molecule has 0 saturated carbocycles. The molecule has 0 unspecified atom stereocenters. The fourth-order valence-electron chi connectivity index (χ4n) is 3.47. The SMILES string of the molecule is COc1ccc(-c2ccc(C3=CCCCC3)cc2Nc2ccncn2)cc1. The Labute approximate surface area is 160 Å². The molecular weight excluding hydrogens is 334 g/mol. The van der Waals surface area contributed by atoms with Crippen molar-refractivity contribution in [3.63, 3.8) is 0 Å². The van der Waals surface area contributed by atoms with Gasteiger partial charge in [0.25, 0.3) is 0 Å². The van der Waals surface area contributed by atoms with E-state index in [0.29, 0.717) is 0 Å². The summed E-state index contributed by atoms with van der Waals surface area (Å²) in [5, 5.41) is 3.47. The maximum atomic E-state index is 5.29. The highest BCUT2D eigenvalue weighted by Gasteiger charge is 2.12. The van der Waals surface area contributed by atoms with Gasteiger partial charge in [0.15, 0.2) is 0 Å². The highest BCUT2D eigenvalue weighted by atomic mass is 16.5. The van der Waals surface area contributed by atoms with Gasteiger partial charge < -0.3 is 10.1 Å². The number of methoxy groups -OCH3 is 1. The molecule has 0 radical (unpaired) electrons. The Bertz CT molecular complexity index is 934. The smallest absolute Gasteiger partial charge is 0.133 e. The zero-order valence-electron chi connectivity index (χ0n) is 15.5. The number of allylic oxidation sites excluding steroid dienone is 2. The van der Waals surface area contributed by atoms with Crippen LogP contribution < -0.4 is 10.1 Å². The molecule has 2 aromatic carbocycles. The molecule has 0 bridgehead atoms. The van der Waals surface area contributed by atoms with Crippen molar-refractivity contribution in [3.05, 3.63) is 72.7 Å². The van der Waals surface area contributed by atoms with Gasteiger partial charge in [0.1, 0.15) is 17.9 Å². The van der Waals surface area contributed by atoms with E-state index >= 15 is 0 Å². The lowest BCUT2D eigenvalue weighted by Crippen LogP contribution is -1.98. The molecule has 27 heavy (non-hydrogen) atoms. The number of anilines is 2.